The molecule has 2 aromatic carbocycles. The molecule has 112 valence electrons. The number of hydrogen-bond acceptors (Lipinski definition) is 2. The number of benzene rings is 2. The van der Waals surface area contributed by atoms with Crippen LogP contribution < -0.4 is 5.32 Å². The molecule has 0 aromatic heterocycles. The molecular weight excluding hydrogens is 298 g/mol. The van der Waals surface area contributed by atoms with Crippen LogP contribution in [-0.4, -0.2) is 6.54 Å². The van der Waals surface area contributed by atoms with Crippen LogP contribution in [0.3, 0.4) is 0 Å². The van der Waals surface area contributed by atoms with Gasteiger partial charge in [-0.05, 0) is 54.8 Å². The van der Waals surface area contributed by atoms with Crippen molar-refractivity contribution in [1.29, 1.82) is 0 Å². The quantitative estimate of drug-likeness (QED) is 0.538. The highest BCUT2D eigenvalue weighted by molar-refractivity contribution is 7.98. The first kappa shape index (κ1) is 16.4. The molecule has 1 nitrogen and oxygen atoms in total. The summed E-state index contributed by atoms with van der Waals surface area (Å²) in [5, 5.41) is 4.24. The van der Waals surface area contributed by atoms with Gasteiger partial charge in [0.25, 0.3) is 0 Å². The van der Waals surface area contributed by atoms with E-state index >= 15 is 0 Å². The maximum atomic E-state index is 5.91. The standard InChI is InChI=1S/C18H22ClNS/c1-3-10-20-12-16-6-9-18(14(2)11-16)21-13-15-4-7-17(19)8-5-15/h4-9,11,20H,3,10,12-13H2,1-2H3. The number of hydrogen-bond donors (Lipinski definition) is 1. The van der Waals surface area contributed by atoms with Gasteiger partial charge in [0.2, 0.25) is 0 Å². The van der Waals surface area contributed by atoms with E-state index in [-0.39, 0.29) is 0 Å². The van der Waals surface area contributed by atoms with Crippen molar-refractivity contribution in [2.45, 2.75) is 37.5 Å². The molecule has 0 unspecified atom stereocenters. The van der Waals surface area contributed by atoms with Crippen LogP contribution in [0.15, 0.2) is 47.4 Å². The van der Waals surface area contributed by atoms with Crippen molar-refractivity contribution < 1.29 is 0 Å². The third-order valence-corrected chi connectivity index (χ3v) is 4.80. The van der Waals surface area contributed by atoms with E-state index < -0.39 is 0 Å². The van der Waals surface area contributed by atoms with Crippen LogP contribution in [0.4, 0.5) is 0 Å². The lowest BCUT2D eigenvalue weighted by Gasteiger charge is -2.09. The maximum absolute atomic E-state index is 5.91. The summed E-state index contributed by atoms with van der Waals surface area (Å²) in [5.41, 5.74) is 4.01. The molecule has 0 saturated carbocycles. The van der Waals surface area contributed by atoms with Gasteiger partial charge in [0.05, 0.1) is 0 Å². The second-order valence-electron chi connectivity index (χ2n) is 5.19. The summed E-state index contributed by atoms with van der Waals surface area (Å²) < 4.78 is 0. The molecule has 0 radical (unpaired) electrons. The third kappa shape index (κ3) is 5.39. The van der Waals surface area contributed by atoms with Crippen molar-refractivity contribution in [3.63, 3.8) is 0 Å². The Labute approximate surface area is 137 Å². The molecule has 3 heteroatoms. The Bertz CT molecular complexity index is 566. The van der Waals surface area contributed by atoms with Crippen LogP contribution in [0.25, 0.3) is 0 Å². The molecule has 21 heavy (non-hydrogen) atoms. The molecule has 0 heterocycles. The van der Waals surface area contributed by atoms with Crippen LogP contribution >= 0.6 is 23.4 Å². The third-order valence-electron chi connectivity index (χ3n) is 3.30. The van der Waals surface area contributed by atoms with Gasteiger partial charge in [-0.3, -0.25) is 0 Å². The van der Waals surface area contributed by atoms with E-state index in [9.17, 15) is 0 Å². The summed E-state index contributed by atoms with van der Waals surface area (Å²) in [5.74, 6) is 0.978. The number of aryl methyl sites for hydroxylation is 1. The van der Waals surface area contributed by atoms with E-state index in [1.165, 1.54) is 28.0 Å². The molecular formula is C18H22ClNS. The van der Waals surface area contributed by atoms with Crippen LogP contribution in [0.5, 0.6) is 0 Å². The summed E-state index contributed by atoms with van der Waals surface area (Å²) in [4.78, 5) is 1.35. The minimum atomic E-state index is 0.795. The molecule has 0 aliphatic carbocycles. The smallest absolute Gasteiger partial charge is 0.0406 e. The molecule has 0 spiro atoms. The number of rotatable bonds is 7. The fourth-order valence-electron chi connectivity index (χ4n) is 2.13. The van der Waals surface area contributed by atoms with E-state index in [0.717, 1.165) is 23.9 Å². The molecule has 2 aromatic rings. The van der Waals surface area contributed by atoms with Crippen LogP contribution in [0.2, 0.25) is 5.02 Å². The van der Waals surface area contributed by atoms with Crippen molar-refractivity contribution in [3.8, 4) is 0 Å². The van der Waals surface area contributed by atoms with Gasteiger partial charge in [-0.15, -0.1) is 11.8 Å². The normalized spacial score (nSPS) is 10.8. The first-order chi connectivity index (χ1) is 10.2. The average molecular weight is 320 g/mol. The lowest BCUT2D eigenvalue weighted by Crippen LogP contribution is -2.13. The molecule has 0 fully saturated rings. The Hall–Kier alpha value is -0.960. The highest BCUT2D eigenvalue weighted by Gasteiger charge is 2.02. The largest absolute Gasteiger partial charge is 0.313 e. The van der Waals surface area contributed by atoms with Crippen LogP contribution in [0.1, 0.15) is 30.0 Å². The van der Waals surface area contributed by atoms with Gasteiger partial charge in [-0.25, -0.2) is 0 Å². The van der Waals surface area contributed by atoms with Gasteiger partial charge >= 0.3 is 0 Å². The highest BCUT2D eigenvalue weighted by atomic mass is 35.5. The zero-order valence-corrected chi connectivity index (χ0v) is 14.2. The van der Waals surface area contributed by atoms with Crippen LogP contribution in [0, 0.1) is 6.92 Å². The van der Waals surface area contributed by atoms with Gasteiger partial charge in [0, 0.05) is 22.2 Å². The summed E-state index contributed by atoms with van der Waals surface area (Å²) in [6, 6.07) is 14.8. The molecule has 0 saturated heterocycles. The molecule has 0 amide bonds. The van der Waals surface area contributed by atoms with Gasteiger partial charge in [-0.2, -0.15) is 0 Å². The van der Waals surface area contributed by atoms with E-state index in [1.807, 2.05) is 23.9 Å². The Morgan fingerprint density at radius 3 is 2.43 bits per heavy atom. The van der Waals surface area contributed by atoms with Crippen molar-refractivity contribution in [1.82, 2.24) is 5.32 Å². The fourth-order valence-corrected chi connectivity index (χ4v) is 3.23. The van der Waals surface area contributed by atoms with Crippen molar-refractivity contribution in [2.24, 2.45) is 0 Å². The number of nitrogens with one attached hydrogen (secondary N) is 1. The zero-order chi connectivity index (χ0) is 15.1. The van der Waals surface area contributed by atoms with Gasteiger partial charge in [0.15, 0.2) is 0 Å². The average Bonchev–Trinajstić information content (AvgIpc) is 2.48. The number of halogens is 1. The molecule has 1 N–H and O–H groups in total. The Morgan fingerprint density at radius 2 is 1.76 bits per heavy atom. The second-order valence-corrected chi connectivity index (χ2v) is 6.65. The molecule has 2 rings (SSSR count). The maximum Gasteiger partial charge on any atom is 0.0406 e. The van der Waals surface area contributed by atoms with E-state index in [4.69, 9.17) is 11.6 Å². The summed E-state index contributed by atoms with van der Waals surface area (Å²) >= 11 is 7.79. The monoisotopic (exact) mass is 319 g/mol. The lowest BCUT2D eigenvalue weighted by atomic mass is 10.1. The Morgan fingerprint density at radius 1 is 1.05 bits per heavy atom. The molecule has 0 aliphatic heterocycles. The zero-order valence-electron chi connectivity index (χ0n) is 12.7. The van der Waals surface area contributed by atoms with Crippen molar-refractivity contribution in [3.05, 3.63) is 64.2 Å². The van der Waals surface area contributed by atoms with Gasteiger partial charge in [0.1, 0.15) is 0 Å². The van der Waals surface area contributed by atoms with Gasteiger partial charge < -0.3 is 5.32 Å². The first-order valence-corrected chi connectivity index (χ1v) is 8.73. The van der Waals surface area contributed by atoms with Gasteiger partial charge in [-0.1, -0.05) is 42.8 Å². The lowest BCUT2D eigenvalue weighted by molar-refractivity contribution is 0.675. The molecule has 0 atom stereocenters. The van der Waals surface area contributed by atoms with Crippen molar-refractivity contribution >= 4 is 23.4 Å². The number of thioether (sulfide) groups is 1. The summed E-state index contributed by atoms with van der Waals surface area (Å²) in [7, 11) is 0. The van der Waals surface area contributed by atoms with E-state index in [0.29, 0.717) is 0 Å². The summed E-state index contributed by atoms with van der Waals surface area (Å²) in [6.07, 6.45) is 1.17. The second kappa shape index (κ2) is 8.47. The predicted octanol–water partition coefficient (Wildman–Crippen LogP) is 5.44. The van der Waals surface area contributed by atoms with E-state index in [1.54, 1.807) is 0 Å². The van der Waals surface area contributed by atoms with E-state index in [2.05, 4.69) is 49.5 Å². The molecule has 0 aliphatic rings. The van der Waals surface area contributed by atoms with Crippen LogP contribution in [-0.2, 0) is 12.3 Å². The minimum absolute atomic E-state index is 0.795. The SMILES string of the molecule is CCCNCc1ccc(SCc2ccc(Cl)cc2)c(C)c1. The minimum Gasteiger partial charge on any atom is -0.313 e. The van der Waals surface area contributed by atoms with Crippen molar-refractivity contribution in [2.75, 3.05) is 6.54 Å². The predicted molar refractivity (Wildman–Crippen MR) is 94.2 cm³/mol. The first-order valence-electron chi connectivity index (χ1n) is 7.36. The topological polar surface area (TPSA) is 12.0 Å². The Balaban J connectivity index is 1.92. The summed E-state index contributed by atoms with van der Waals surface area (Å²) in [6.45, 7) is 6.41. The molecule has 0 bridgehead atoms. The Kier molecular flexibility index (Phi) is 6.62. The highest BCUT2D eigenvalue weighted by Crippen LogP contribution is 2.27. The fraction of sp³-hybridized carbons (Fsp3) is 0.333.